The molecule has 0 heterocycles. The Kier molecular flexibility index (Phi) is 2.70. The van der Waals surface area contributed by atoms with E-state index in [-0.39, 0.29) is 9.52 Å². The van der Waals surface area contributed by atoms with E-state index in [1.165, 1.54) is 0 Å². The minimum absolute atomic E-state index is 0.00352. The van der Waals surface area contributed by atoms with Crippen LogP contribution in [0.25, 0.3) is 0 Å². The monoisotopic (exact) mass is 278 g/mol. The second-order valence-electron chi connectivity index (χ2n) is 2.67. The van der Waals surface area contributed by atoms with Crippen molar-refractivity contribution in [3.05, 3.63) is 24.3 Å². The van der Waals surface area contributed by atoms with E-state index in [0.717, 1.165) is 0 Å². The fourth-order valence-electron chi connectivity index (χ4n) is 0.840. The van der Waals surface area contributed by atoms with Crippen molar-refractivity contribution in [3.63, 3.8) is 0 Å². The first-order valence-electron chi connectivity index (χ1n) is 3.26. The predicted molar refractivity (Wildman–Crippen MR) is 53.0 cm³/mol. The van der Waals surface area contributed by atoms with Crippen molar-refractivity contribution < 1.29 is 4.79 Å². The van der Waals surface area contributed by atoms with Crippen LogP contribution in [0.2, 0.25) is 0 Å². The van der Waals surface area contributed by atoms with Gasteiger partial charge in [0.25, 0.3) is 0 Å². The lowest BCUT2D eigenvalue weighted by Crippen LogP contribution is -2.31. The molecule has 0 saturated heterocycles. The van der Waals surface area contributed by atoms with Crippen molar-refractivity contribution in [3.8, 4) is 0 Å². The Labute approximate surface area is 82.8 Å². The minimum atomic E-state index is -0.436. The van der Waals surface area contributed by atoms with Gasteiger partial charge < -0.3 is 0 Å². The van der Waals surface area contributed by atoms with Gasteiger partial charge in [-0.1, -0.05) is 50.1 Å². The molecular weight excluding hydrogens is 272 g/mol. The van der Waals surface area contributed by atoms with E-state index in [1.54, 1.807) is 12.2 Å². The van der Waals surface area contributed by atoms with Crippen LogP contribution in [0.4, 0.5) is 0 Å². The van der Waals surface area contributed by atoms with Crippen LogP contribution in [0.15, 0.2) is 24.3 Å². The van der Waals surface area contributed by atoms with Crippen LogP contribution < -0.4 is 0 Å². The number of rotatable bonds is 1. The lowest BCUT2D eigenvalue weighted by Gasteiger charge is -2.26. The summed E-state index contributed by atoms with van der Waals surface area (Å²) in [5.74, 6) is 0.124. The normalized spacial score (nSPS) is 30.0. The van der Waals surface area contributed by atoms with E-state index in [2.05, 4.69) is 31.9 Å². The quantitative estimate of drug-likeness (QED) is 0.675. The number of ketones is 1. The van der Waals surface area contributed by atoms with Gasteiger partial charge in [-0.25, -0.2) is 0 Å². The SMILES string of the molecule is CC1(C(Br)Br)C=CC=CC1=O. The number of alkyl halides is 2. The molecule has 0 saturated carbocycles. The molecule has 60 valence electrons. The number of halogens is 2. The van der Waals surface area contributed by atoms with Gasteiger partial charge in [0.05, 0.1) is 9.15 Å². The highest BCUT2D eigenvalue weighted by molar-refractivity contribution is 9.24. The van der Waals surface area contributed by atoms with Gasteiger partial charge in [0.2, 0.25) is 0 Å². The fraction of sp³-hybridized carbons (Fsp3) is 0.375. The van der Waals surface area contributed by atoms with Crippen LogP contribution in [0.5, 0.6) is 0 Å². The largest absolute Gasteiger partial charge is 0.294 e. The summed E-state index contributed by atoms with van der Waals surface area (Å²) < 4.78 is -0.00352. The van der Waals surface area contributed by atoms with E-state index >= 15 is 0 Å². The molecule has 1 nitrogen and oxygen atoms in total. The number of carbonyl (C=O) groups is 1. The van der Waals surface area contributed by atoms with E-state index in [0.29, 0.717) is 0 Å². The molecule has 3 heteroatoms. The zero-order valence-corrected chi connectivity index (χ0v) is 9.22. The summed E-state index contributed by atoms with van der Waals surface area (Å²) in [5.41, 5.74) is -0.436. The Morgan fingerprint density at radius 1 is 1.45 bits per heavy atom. The molecule has 0 radical (unpaired) electrons. The molecule has 0 aromatic carbocycles. The summed E-state index contributed by atoms with van der Waals surface area (Å²) in [6.45, 7) is 1.89. The highest BCUT2D eigenvalue weighted by Gasteiger charge is 2.35. The first-order valence-corrected chi connectivity index (χ1v) is 5.09. The molecule has 1 aliphatic carbocycles. The van der Waals surface area contributed by atoms with Gasteiger partial charge in [0, 0.05) is 0 Å². The molecule has 0 bridgehead atoms. The van der Waals surface area contributed by atoms with E-state index in [9.17, 15) is 4.79 Å². The Hall–Kier alpha value is 0.110. The Morgan fingerprint density at radius 3 is 2.45 bits per heavy atom. The van der Waals surface area contributed by atoms with Crippen LogP contribution in [-0.4, -0.2) is 9.52 Å². The molecule has 0 spiro atoms. The average molecular weight is 280 g/mol. The van der Waals surface area contributed by atoms with Gasteiger partial charge in [-0.3, -0.25) is 4.79 Å². The van der Waals surface area contributed by atoms with E-state index in [1.807, 2.05) is 19.1 Å². The smallest absolute Gasteiger partial charge is 0.167 e. The molecule has 0 N–H and O–H groups in total. The summed E-state index contributed by atoms with van der Waals surface area (Å²) in [4.78, 5) is 11.4. The zero-order valence-electron chi connectivity index (χ0n) is 6.05. The Bertz CT molecular complexity index is 230. The van der Waals surface area contributed by atoms with Gasteiger partial charge >= 0.3 is 0 Å². The summed E-state index contributed by atoms with van der Waals surface area (Å²) in [7, 11) is 0. The second kappa shape index (κ2) is 3.23. The standard InChI is InChI=1S/C8H8Br2O/c1-8(7(9)10)5-3-2-4-6(8)11/h2-5,7H,1H3. The maximum Gasteiger partial charge on any atom is 0.167 e. The van der Waals surface area contributed by atoms with Crippen LogP contribution in [0, 0.1) is 5.41 Å². The summed E-state index contributed by atoms with van der Waals surface area (Å²) in [6, 6.07) is 0. The third-order valence-electron chi connectivity index (χ3n) is 1.79. The van der Waals surface area contributed by atoms with Crippen molar-refractivity contribution in [2.24, 2.45) is 5.41 Å². The maximum absolute atomic E-state index is 11.4. The number of hydrogen-bond acceptors (Lipinski definition) is 1. The van der Waals surface area contributed by atoms with Gasteiger partial charge in [-0.2, -0.15) is 0 Å². The van der Waals surface area contributed by atoms with E-state index in [4.69, 9.17) is 0 Å². The number of carbonyl (C=O) groups excluding carboxylic acids is 1. The first-order chi connectivity index (χ1) is 5.07. The van der Waals surface area contributed by atoms with Crippen molar-refractivity contribution in [1.82, 2.24) is 0 Å². The van der Waals surface area contributed by atoms with Crippen LogP contribution in [0.3, 0.4) is 0 Å². The topological polar surface area (TPSA) is 17.1 Å². The third-order valence-corrected chi connectivity index (χ3v) is 3.69. The predicted octanol–water partition coefficient (Wildman–Crippen LogP) is 2.80. The minimum Gasteiger partial charge on any atom is -0.294 e. The Morgan fingerprint density at radius 2 is 2.09 bits per heavy atom. The van der Waals surface area contributed by atoms with Crippen LogP contribution in [-0.2, 0) is 4.79 Å². The molecule has 1 atom stereocenters. The van der Waals surface area contributed by atoms with Crippen molar-refractivity contribution in [2.75, 3.05) is 0 Å². The van der Waals surface area contributed by atoms with Gasteiger partial charge in [0.1, 0.15) is 0 Å². The third kappa shape index (κ3) is 1.64. The fourth-order valence-corrected chi connectivity index (χ4v) is 1.60. The first kappa shape index (κ1) is 9.20. The van der Waals surface area contributed by atoms with E-state index < -0.39 is 5.41 Å². The highest BCUT2D eigenvalue weighted by Crippen LogP contribution is 2.36. The molecule has 0 aromatic rings. The van der Waals surface area contributed by atoms with Crippen molar-refractivity contribution in [2.45, 2.75) is 10.7 Å². The molecule has 0 aliphatic heterocycles. The lowest BCUT2D eigenvalue weighted by atomic mass is 9.85. The zero-order chi connectivity index (χ0) is 8.48. The molecule has 0 fully saturated rings. The summed E-state index contributed by atoms with van der Waals surface area (Å²) >= 11 is 6.69. The van der Waals surface area contributed by atoms with Crippen LogP contribution >= 0.6 is 31.9 Å². The molecular formula is C8H8Br2O. The van der Waals surface area contributed by atoms with Crippen molar-refractivity contribution in [1.29, 1.82) is 0 Å². The second-order valence-corrected chi connectivity index (χ2v) is 5.73. The average Bonchev–Trinajstić information content (AvgIpc) is 1.95. The molecule has 0 amide bonds. The molecule has 1 aliphatic rings. The lowest BCUT2D eigenvalue weighted by molar-refractivity contribution is -0.120. The Balaban J connectivity index is 2.95. The number of hydrogen-bond donors (Lipinski definition) is 0. The summed E-state index contributed by atoms with van der Waals surface area (Å²) in [5, 5.41) is 0. The molecule has 1 unspecified atom stereocenters. The van der Waals surface area contributed by atoms with Gasteiger partial charge in [-0.15, -0.1) is 0 Å². The number of allylic oxidation sites excluding steroid dienone is 4. The molecule has 1 rings (SSSR count). The van der Waals surface area contributed by atoms with Gasteiger partial charge in [-0.05, 0) is 13.0 Å². The van der Waals surface area contributed by atoms with Crippen molar-refractivity contribution >= 4 is 37.6 Å². The highest BCUT2D eigenvalue weighted by atomic mass is 79.9. The summed E-state index contributed by atoms with van der Waals surface area (Å²) in [6.07, 6.45) is 7.13. The van der Waals surface area contributed by atoms with Crippen LogP contribution in [0.1, 0.15) is 6.92 Å². The van der Waals surface area contributed by atoms with Gasteiger partial charge in [0.15, 0.2) is 5.78 Å². The maximum atomic E-state index is 11.4. The molecule has 0 aromatic heterocycles. The molecule has 11 heavy (non-hydrogen) atoms.